The zero-order chi connectivity index (χ0) is 13.0. The molecule has 3 heteroatoms. The predicted octanol–water partition coefficient (Wildman–Crippen LogP) is 5.33. The quantitative estimate of drug-likeness (QED) is 0.786. The van der Waals surface area contributed by atoms with Gasteiger partial charge in [0.15, 0.2) is 0 Å². The maximum Gasteiger partial charge on any atom is 0.0465 e. The van der Waals surface area contributed by atoms with Crippen molar-refractivity contribution in [2.45, 2.75) is 45.1 Å². The molecule has 1 aromatic rings. The van der Waals surface area contributed by atoms with E-state index in [1.54, 1.807) is 0 Å². The Hall–Kier alpha value is -0.0500. The minimum absolute atomic E-state index is 0.413. The minimum atomic E-state index is 0.413. The van der Waals surface area contributed by atoms with Gasteiger partial charge in [-0.05, 0) is 43.0 Å². The molecule has 1 aliphatic rings. The van der Waals surface area contributed by atoms with Crippen LogP contribution in [0, 0.1) is 5.92 Å². The molecule has 0 radical (unpaired) electrons. The highest BCUT2D eigenvalue weighted by molar-refractivity contribution is 9.10. The molecule has 1 fully saturated rings. The van der Waals surface area contributed by atoms with Crippen molar-refractivity contribution in [3.8, 4) is 0 Å². The second-order valence-corrected chi connectivity index (χ2v) is 6.42. The van der Waals surface area contributed by atoms with Crippen molar-refractivity contribution in [2.75, 3.05) is 6.54 Å². The van der Waals surface area contributed by atoms with E-state index in [4.69, 9.17) is 11.6 Å². The summed E-state index contributed by atoms with van der Waals surface area (Å²) < 4.78 is 1.05. The zero-order valence-electron chi connectivity index (χ0n) is 10.9. The van der Waals surface area contributed by atoms with Gasteiger partial charge in [0.2, 0.25) is 0 Å². The smallest absolute Gasteiger partial charge is 0.0465 e. The van der Waals surface area contributed by atoms with Gasteiger partial charge in [0.1, 0.15) is 0 Å². The number of halogens is 2. The van der Waals surface area contributed by atoms with E-state index in [0.717, 1.165) is 22.0 Å². The van der Waals surface area contributed by atoms with Crippen molar-refractivity contribution in [1.29, 1.82) is 0 Å². The average Bonchev–Trinajstić information content (AvgIpc) is 2.38. The SMILES string of the molecule is CCNC(c1ccc(Br)cc1Cl)C1CCCCC1. The number of rotatable bonds is 4. The lowest BCUT2D eigenvalue weighted by Crippen LogP contribution is -2.29. The predicted molar refractivity (Wildman–Crippen MR) is 82.1 cm³/mol. The van der Waals surface area contributed by atoms with Crippen LogP contribution in [0.1, 0.15) is 50.6 Å². The van der Waals surface area contributed by atoms with Crippen LogP contribution in [0.25, 0.3) is 0 Å². The molecular formula is C15H21BrClN. The van der Waals surface area contributed by atoms with Gasteiger partial charge in [0, 0.05) is 15.5 Å². The molecular weight excluding hydrogens is 310 g/mol. The highest BCUT2D eigenvalue weighted by atomic mass is 79.9. The molecule has 1 aromatic carbocycles. The Morgan fingerprint density at radius 1 is 1.33 bits per heavy atom. The fraction of sp³-hybridized carbons (Fsp3) is 0.600. The molecule has 18 heavy (non-hydrogen) atoms. The Balaban J connectivity index is 2.22. The fourth-order valence-corrected chi connectivity index (χ4v) is 3.76. The molecule has 1 unspecified atom stereocenters. The molecule has 1 N–H and O–H groups in total. The molecule has 2 rings (SSSR count). The van der Waals surface area contributed by atoms with Crippen molar-refractivity contribution >= 4 is 27.5 Å². The van der Waals surface area contributed by atoms with Crippen molar-refractivity contribution in [1.82, 2.24) is 5.32 Å². The highest BCUT2D eigenvalue weighted by Gasteiger charge is 2.25. The first-order valence-corrected chi connectivity index (χ1v) is 8.07. The van der Waals surface area contributed by atoms with Crippen LogP contribution in [0.15, 0.2) is 22.7 Å². The van der Waals surface area contributed by atoms with E-state index in [-0.39, 0.29) is 0 Å². The Kier molecular flexibility index (Phi) is 5.53. The molecule has 0 aromatic heterocycles. The number of nitrogens with one attached hydrogen (secondary N) is 1. The van der Waals surface area contributed by atoms with E-state index in [9.17, 15) is 0 Å². The molecule has 0 spiro atoms. The lowest BCUT2D eigenvalue weighted by Gasteiger charge is -2.31. The molecule has 1 atom stereocenters. The summed E-state index contributed by atoms with van der Waals surface area (Å²) in [7, 11) is 0. The van der Waals surface area contributed by atoms with Crippen molar-refractivity contribution in [2.24, 2.45) is 5.92 Å². The average molecular weight is 331 g/mol. The Morgan fingerprint density at radius 3 is 2.67 bits per heavy atom. The molecule has 0 amide bonds. The third kappa shape index (κ3) is 3.49. The van der Waals surface area contributed by atoms with E-state index < -0.39 is 0 Å². The maximum atomic E-state index is 6.41. The summed E-state index contributed by atoms with van der Waals surface area (Å²) in [4.78, 5) is 0. The first-order chi connectivity index (χ1) is 8.72. The monoisotopic (exact) mass is 329 g/mol. The molecule has 1 saturated carbocycles. The molecule has 0 bridgehead atoms. The van der Waals surface area contributed by atoms with Gasteiger partial charge in [0.05, 0.1) is 0 Å². The second kappa shape index (κ2) is 6.93. The first-order valence-electron chi connectivity index (χ1n) is 6.90. The largest absolute Gasteiger partial charge is 0.310 e. The lowest BCUT2D eigenvalue weighted by atomic mass is 9.81. The van der Waals surface area contributed by atoms with Gasteiger partial charge in [-0.15, -0.1) is 0 Å². The molecule has 0 heterocycles. The van der Waals surface area contributed by atoms with Crippen LogP contribution in [0.5, 0.6) is 0 Å². The van der Waals surface area contributed by atoms with Crippen LogP contribution in [-0.2, 0) is 0 Å². The van der Waals surface area contributed by atoms with E-state index in [2.05, 4.69) is 40.3 Å². The molecule has 0 saturated heterocycles. The summed E-state index contributed by atoms with van der Waals surface area (Å²) >= 11 is 9.88. The normalized spacial score (nSPS) is 18.8. The molecule has 1 nitrogen and oxygen atoms in total. The number of hydrogen-bond acceptors (Lipinski definition) is 1. The lowest BCUT2D eigenvalue weighted by molar-refractivity contribution is 0.274. The van der Waals surface area contributed by atoms with Gasteiger partial charge in [-0.1, -0.05) is 59.8 Å². The van der Waals surface area contributed by atoms with Gasteiger partial charge < -0.3 is 5.32 Å². The van der Waals surface area contributed by atoms with Crippen LogP contribution in [0.2, 0.25) is 5.02 Å². The third-order valence-electron chi connectivity index (χ3n) is 3.84. The third-order valence-corrected chi connectivity index (χ3v) is 4.66. The van der Waals surface area contributed by atoms with Crippen LogP contribution >= 0.6 is 27.5 Å². The molecule has 100 valence electrons. The van der Waals surface area contributed by atoms with E-state index in [1.807, 2.05) is 6.07 Å². The minimum Gasteiger partial charge on any atom is -0.310 e. The van der Waals surface area contributed by atoms with Gasteiger partial charge in [-0.2, -0.15) is 0 Å². The zero-order valence-corrected chi connectivity index (χ0v) is 13.2. The number of hydrogen-bond donors (Lipinski definition) is 1. The fourth-order valence-electron chi connectivity index (χ4n) is 2.97. The molecule has 1 aliphatic carbocycles. The molecule has 0 aliphatic heterocycles. The summed E-state index contributed by atoms with van der Waals surface area (Å²) in [6, 6.07) is 6.67. The van der Waals surface area contributed by atoms with Gasteiger partial charge >= 0.3 is 0 Å². The van der Waals surface area contributed by atoms with Crippen molar-refractivity contribution in [3.63, 3.8) is 0 Å². The van der Waals surface area contributed by atoms with Crippen LogP contribution in [-0.4, -0.2) is 6.54 Å². The van der Waals surface area contributed by atoms with Crippen LogP contribution in [0.3, 0.4) is 0 Å². The first kappa shape index (κ1) is 14.4. The highest BCUT2D eigenvalue weighted by Crippen LogP contribution is 2.37. The topological polar surface area (TPSA) is 12.0 Å². The summed E-state index contributed by atoms with van der Waals surface area (Å²) in [6.07, 6.45) is 6.76. The maximum absolute atomic E-state index is 6.41. The van der Waals surface area contributed by atoms with Crippen LogP contribution in [0.4, 0.5) is 0 Å². The summed E-state index contributed by atoms with van der Waals surface area (Å²) in [6.45, 7) is 3.16. The van der Waals surface area contributed by atoms with Crippen molar-refractivity contribution < 1.29 is 0 Å². The van der Waals surface area contributed by atoms with Gasteiger partial charge in [-0.25, -0.2) is 0 Å². The van der Waals surface area contributed by atoms with Gasteiger partial charge in [-0.3, -0.25) is 0 Å². The Morgan fingerprint density at radius 2 is 2.06 bits per heavy atom. The van der Waals surface area contributed by atoms with E-state index in [1.165, 1.54) is 37.7 Å². The Labute approximate surface area is 123 Å². The second-order valence-electron chi connectivity index (χ2n) is 5.10. The number of benzene rings is 1. The summed E-state index contributed by atoms with van der Waals surface area (Å²) in [5, 5.41) is 4.50. The Bertz CT molecular complexity index is 388. The van der Waals surface area contributed by atoms with Gasteiger partial charge in [0.25, 0.3) is 0 Å². The van der Waals surface area contributed by atoms with E-state index >= 15 is 0 Å². The van der Waals surface area contributed by atoms with Crippen LogP contribution < -0.4 is 5.32 Å². The van der Waals surface area contributed by atoms with Crippen molar-refractivity contribution in [3.05, 3.63) is 33.3 Å². The van der Waals surface area contributed by atoms with E-state index in [0.29, 0.717) is 6.04 Å². The summed E-state index contributed by atoms with van der Waals surface area (Å²) in [5.74, 6) is 0.734. The standard InChI is InChI=1S/C15H21BrClN/c1-2-18-15(11-6-4-3-5-7-11)13-9-8-12(16)10-14(13)17/h8-11,15,18H,2-7H2,1H3. The summed E-state index contributed by atoms with van der Waals surface area (Å²) in [5.41, 5.74) is 1.26.